The fourth-order valence-electron chi connectivity index (χ4n) is 4.46. The van der Waals surface area contributed by atoms with Crippen LogP contribution >= 0.6 is 0 Å². The van der Waals surface area contributed by atoms with Crippen LogP contribution in [0.2, 0.25) is 0 Å². The molecule has 1 unspecified atom stereocenters. The van der Waals surface area contributed by atoms with Crippen molar-refractivity contribution in [2.75, 3.05) is 56.0 Å². The van der Waals surface area contributed by atoms with Crippen LogP contribution in [-0.4, -0.2) is 79.4 Å². The number of hydrogen-bond donors (Lipinski definition) is 2. The molecule has 3 amide bonds. The van der Waals surface area contributed by atoms with Crippen molar-refractivity contribution in [2.24, 2.45) is 0 Å². The summed E-state index contributed by atoms with van der Waals surface area (Å²) in [5.74, 6) is -1.36. The number of rotatable bonds is 6. The van der Waals surface area contributed by atoms with E-state index in [1.807, 2.05) is 35.2 Å². The van der Waals surface area contributed by atoms with E-state index in [1.165, 1.54) is 17.0 Å². The topological polar surface area (TPSA) is 85.0 Å². The second-order valence-corrected chi connectivity index (χ2v) is 8.82. The molecule has 36 heavy (non-hydrogen) atoms. The van der Waals surface area contributed by atoms with E-state index < -0.39 is 29.6 Å². The Hall–Kier alpha value is -3.60. The Morgan fingerprint density at radius 1 is 0.972 bits per heavy atom. The maximum atomic E-state index is 13.1. The van der Waals surface area contributed by atoms with Gasteiger partial charge in [0, 0.05) is 50.6 Å². The minimum Gasteiger partial charge on any atom is -0.369 e. The van der Waals surface area contributed by atoms with Crippen molar-refractivity contribution in [1.29, 1.82) is 0 Å². The first-order valence-electron chi connectivity index (χ1n) is 11.8. The van der Waals surface area contributed by atoms with Crippen LogP contribution in [0.3, 0.4) is 0 Å². The van der Waals surface area contributed by atoms with Gasteiger partial charge in [-0.05, 0) is 30.3 Å². The molecule has 2 fully saturated rings. The van der Waals surface area contributed by atoms with Gasteiger partial charge in [0.25, 0.3) is 0 Å². The van der Waals surface area contributed by atoms with Crippen molar-refractivity contribution < 1.29 is 27.6 Å². The summed E-state index contributed by atoms with van der Waals surface area (Å²) in [5.41, 5.74) is 0.211. The fraction of sp³-hybridized carbons (Fsp3) is 0.400. The first-order chi connectivity index (χ1) is 17.2. The Kier molecular flexibility index (Phi) is 7.78. The normalized spacial score (nSPS) is 19.1. The number of para-hydroxylation sites is 1. The van der Waals surface area contributed by atoms with Gasteiger partial charge in [-0.2, -0.15) is 13.2 Å². The maximum absolute atomic E-state index is 13.1. The Morgan fingerprint density at radius 3 is 2.39 bits per heavy atom. The van der Waals surface area contributed by atoms with E-state index in [-0.39, 0.29) is 37.6 Å². The van der Waals surface area contributed by atoms with E-state index in [4.69, 9.17) is 0 Å². The number of carbonyl (C=O) groups is 3. The van der Waals surface area contributed by atoms with Crippen LogP contribution in [0, 0.1) is 0 Å². The minimum atomic E-state index is -4.54. The molecule has 2 aliphatic rings. The summed E-state index contributed by atoms with van der Waals surface area (Å²) in [4.78, 5) is 43.9. The van der Waals surface area contributed by atoms with Gasteiger partial charge in [0.05, 0.1) is 18.5 Å². The number of amides is 3. The highest BCUT2D eigenvalue weighted by atomic mass is 19.4. The number of carbonyl (C=O) groups excluding carboxylic acids is 3. The van der Waals surface area contributed by atoms with Gasteiger partial charge in [0.15, 0.2) is 0 Å². The summed E-state index contributed by atoms with van der Waals surface area (Å²) in [6.45, 7) is 3.56. The molecule has 2 saturated heterocycles. The van der Waals surface area contributed by atoms with Gasteiger partial charge in [0.1, 0.15) is 6.04 Å². The summed E-state index contributed by atoms with van der Waals surface area (Å²) in [5, 5.41) is 5.07. The molecule has 0 aliphatic carbocycles. The third-order valence-corrected chi connectivity index (χ3v) is 6.36. The van der Waals surface area contributed by atoms with Crippen LogP contribution in [-0.2, 0) is 20.6 Å². The molecule has 4 rings (SSSR count). The third kappa shape index (κ3) is 6.34. The molecule has 0 saturated carbocycles. The van der Waals surface area contributed by atoms with E-state index in [1.54, 1.807) is 0 Å². The lowest BCUT2D eigenvalue weighted by Gasteiger charge is -2.39. The van der Waals surface area contributed by atoms with Crippen LogP contribution < -0.4 is 15.5 Å². The predicted octanol–water partition coefficient (Wildman–Crippen LogP) is 2.18. The fourth-order valence-corrected chi connectivity index (χ4v) is 4.46. The highest BCUT2D eigenvalue weighted by molar-refractivity contribution is 5.97. The van der Waals surface area contributed by atoms with Gasteiger partial charge in [-0.3, -0.25) is 19.3 Å². The smallest absolute Gasteiger partial charge is 0.369 e. The van der Waals surface area contributed by atoms with Crippen molar-refractivity contribution in [2.45, 2.75) is 18.6 Å². The van der Waals surface area contributed by atoms with E-state index in [0.717, 1.165) is 30.9 Å². The highest BCUT2D eigenvalue weighted by Gasteiger charge is 2.36. The lowest BCUT2D eigenvalue weighted by molar-refractivity contribution is -0.145. The summed E-state index contributed by atoms with van der Waals surface area (Å²) < 4.78 is 38.9. The molecule has 8 nitrogen and oxygen atoms in total. The molecule has 192 valence electrons. The number of halogens is 3. The molecule has 2 heterocycles. The second kappa shape index (κ2) is 11.0. The Balaban J connectivity index is 1.34. The Labute approximate surface area is 207 Å². The number of anilines is 2. The zero-order chi connectivity index (χ0) is 25.7. The molecule has 2 aromatic carbocycles. The Bertz CT molecular complexity index is 1090. The molecule has 0 aromatic heterocycles. The molecule has 2 N–H and O–H groups in total. The zero-order valence-corrected chi connectivity index (χ0v) is 19.6. The van der Waals surface area contributed by atoms with E-state index in [2.05, 4.69) is 15.5 Å². The molecule has 0 bridgehead atoms. The Morgan fingerprint density at radius 2 is 1.69 bits per heavy atom. The van der Waals surface area contributed by atoms with Gasteiger partial charge in [-0.15, -0.1) is 0 Å². The van der Waals surface area contributed by atoms with Gasteiger partial charge >= 0.3 is 6.18 Å². The number of benzene rings is 2. The summed E-state index contributed by atoms with van der Waals surface area (Å²) in [6, 6.07) is 13.3. The quantitative estimate of drug-likeness (QED) is 0.632. The van der Waals surface area contributed by atoms with Gasteiger partial charge in [-0.25, -0.2) is 0 Å². The molecule has 2 aliphatic heterocycles. The number of hydrogen-bond acceptors (Lipinski definition) is 5. The van der Waals surface area contributed by atoms with Crippen molar-refractivity contribution in [3.05, 3.63) is 60.2 Å². The van der Waals surface area contributed by atoms with Crippen molar-refractivity contribution in [3.8, 4) is 0 Å². The second-order valence-electron chi connectivity index (χ2n) is 8.82. The van der Waals surface area contributed by atoms with Crippen LogP contribution in [0.25, 0.3) is 0 Å². The van der Waals surface area contributed by atoms with Gasteiger partial charge < -0.3 is 20.4 Å². The van der Waals surface area contributed by atoms with Gasteiger partial charge in [-0.1, -0.05) is 24.3 Å². The van der Waals surface area contributed by atoms with Crippen LogP contribution in [0.1, 0.15) is 12.0 Å². The average Bonchev–Trinajstić information content (AvgIpc) is 2.86. The summed E-state index contributed by atoms with van der Waals surface area (Å²) in [6.07, 6.45) is -4.89. The summed E-state index contributed by atoms with van der Waals surface area (Å²) in [7, 11) is 0. The first-order valence-corrected chi connectivity index (χ1v) is 11.8. The molecule has 2 aromatic rings. The predicted molar refractivity (Wildman–Crippen MR) is 128 cm³/mol. The average molecular weight is 504 g/mol. The maximum Gasteiger partial charge on any atom is 0.416 e. The lowest BCUT2D eigenvalue weighted by atomic mass is 10.1. The van der Waals surface area contributed by atoms with Crippen molar-refractivity contribution >= 4 is 29.1 Å². The number of alkyl halides is 3. The van der Waals surface area contributed by atoms with E-state index in [9.17, 15) is 27.6 Å². The summed E-state index contributed by atoms with van der Waals surface area (Å²) >= 11 is 0. The van der Waals surface area contributed by atoms with Crippen LogP contribution in [0.15, 0.2) is 54.6 Å². The molecule has 0 radical (unpaired) electrons. The number of piperazine rings is 2. The highest BCUT2D eigenvalue weighted by Crippen LogP contribution is 2.30. The van der Waals surface area contributed by atoms with Crippen molar-refractivity contribution in [3.63, 3.8) is 0 Å². The largest absolute Gasteiger partial charge is 0.416 e. The lowest BCUT2D eigenvalue weighted by Crippen LogP contribution is -2.60. The third-order valence-electron chi connectivity index (χ3n) is 6.36. The standard InChI is InChI=1S/C25H28F3N5O3/c26-25(27,28)18-5-4-6-19(15-18)30-22(34)16-21-24(36)29-9-10-33(21)23(35)17-31-11-13-32(14-12-31)20-7-2-1-3-8-20/h1-8,15,21H,9-14,16-17H2,(H,29,36)(H,30,34). The molecular weight excluding hydrogens is 475 g/mol. The van der Waals surface area contributed by atoms with E-state index in [0.29, 0.717) is 13.1 Å². The molecule has 11 heteroatoms. The zero-order valence-electron chi connectivity index (χ0n) is 19.6. The SMILES string of the molecule is O=C(CC1C(=O)NCCN1C(=O)CN1CCN(c2ccccc2)CC1)Nc1cccc(C(F)(F)F)c1. The molecule has 0 spiro atoms. The van der Waals surface area contributed by atoms with Crippen LogP contribution in [0.5, 0.6) is 0 Å². The minimum absolute atomic E-state index is 0.0276. The number of nitrogens with zero attached hydrogens (tertiary/aromatic N) is 3. The monoisotopic (exact) mass is 503 g/mol. The van der Waals surface area contributed by atoms with Gasteiger partial charge in [0.2, 0.25) is 17.7 Å². The van der Waals surface area contributed by atoms with Crippen molar-refractivity contribution in [1.82, 2.24) is 15.1 Å². The first kappa shape index (κ1) is 25.5. The molecule has 1 atom stereocenters. The molecular formula is C25H28F3N5O3. The van der Waals surface area contributed by atoms with E-state index >= 15 is 0 Å². The number of nitrogens with one attached hydrogen (secondary N) is 2. The van der Waals surface area contributed by atoms with Crippen LogP contribution in [0.4, 0.5) is 24.5 Å².